The van der Waals surface area contributed by atoms with Gasteiger partial charge in [0.05, 0.1) is 0 Å². The Morgan fingerprint density at radius 1 is 1.24 bits per heavy atom. The second-order valence-corrected chi connectivity index (χ2v) is 8.04. The van der Waals surface area contributed by atoms with Crippen molar-refractivity contribution >= 4 is 23.6 Å². The van der Waals surface area contributed by atoms with Gasteiger partial charge in [0.15, 0.2) is 6.61 Å². The minimum Gasteiger partial charge on any atom is -0.456 e. The first kappa shape index (κ1) is 21.0. The average Bonchev–Trinajstić information content (AvgIpc) is 3.04. The van der Waals surface area contributed by atoms with E-state index in [2.05, 4.69) is 34.2 Å². The molecular formula is C20H30N6O3. The lowest BCUT2D eigenvalue weighted by atomic mass is 9.78. The SMILES string of the molecule is Cc1nc2nc(N)nn2c(C)c1CCC(=O)OCC(=O)N[C@@H]1CCC[C@@H](C)[C@@H]1C. The molecule has 3 rings (SSSR count). The Hall–Kier alpha value is -2.71. The number of esters is 1. The number of nitrogen functional groups attached to an aromatic ring is 1. The van der Waals surface area contributed by atoms with E-state index in [4.69, 9.17) is 10.5 Å². The van der Waals surface area contributed by atoms with Crippen molar-refractivity contribution in [1.29, 1.82) is 0 Å². The van der Waals surface area contributed by atoms with E-state index in [1.165, 1.54) is 6.42 Å². The highest BCUT2D eigenvalue weighted by Gasteiger charge is 2.28. The van der Waals surface area contributed by atoms with Crippen LogP contribution in [-0.4, -0.2) is 44.1 Å². The summed E-state index contributed by atoms with van der Waals surface area (Å²) in [5.74, 6) is 0.966. The number of aromatic nitrogens is 4. The number of carbonyl (C=O) groups is 2. The molecule has 0 aliphatic heterocycles. The fourth-order valence-electron chi connectivity index (χ4n) is 4.07. The third-order valence-electron chi connectivity index (χ3n) is 6.06. The zero-order chi connectivity index (χ0) is 21.1. The van der Waals surface area contributed by atoms with Crippen molar-refractivity contribution in [1.82, 2.24) is 24.9 Å². The quantitative estimate of drug-likeness (QED) is 0.705. The number of ether oxygens (including phenoxy) is 1. The number of amides is 1. The molecule has 1 aliphatic rings. The zero-order valence-corrected chi connectivity index (χ0v) is 17.6. The van der Waals surface area contributed by atoms with Crippen LogP contribution in [0.1, 0.15) is 56.5 Å². The van der Waals surface area contributed by atoms with E-state index >= 15 is 0 Å². The number of nitrogens with one attached hydrogen (secondary N) is 1. The topological polar surface area (TPSA) is 124 Å². The predicted octanol–water partition coefficient (Wildman–Crippen LogP) is 1.74. The molecule has 0 radical (unpaired) electrons. The van der Waals surface area contributed by atoms with Crippen LogP contribution >= 0.6 is 0 Å². The molecule has 3 atom stereocenters. The molecule has 0 aromatic carbocycles. The number of anilines is 1. The van der Waals surface area contributed by atoms with Crippen molar-refractivity contribution < 1.29 is 14.3 Å². The summed E-state index contributed by atoms with van der Waals surface area (Å²) in [4.78, 5) is 32.8. The van der Waals surface area contributed by atoms with Gasteiger partial charge in [-0.1, -0.05) is 26.7 Å². The largest absolute Gasteiger partial charge is 0.456 e. The van der Waals surface area contributed by atoms with Crippen molar-refractivity contribution in [3.05, 3.63) is 17.0 Å². The Balaban J connectivity index is 1.50. The van der Waals surface area contributed by atoms with Gasteiger partial charge in [0, 0.05) is 23.9 Å². The second-order valence-electron chi connectivity index (χ2n) is 8.04. The number of nitrogens with zero attached hydrogens (tertiary/aromatic N) is 4. The number of nitrogens with two attached hydrogens (primary N) is 1. The summed E-state index contributed by atoms with van der Waals surface area (Å²) in [5, 5.41) is 7.13. The fraction of sp³-hybridized carbons (Fsp3) is 0.650. The highest BCUT2D eigenvalue weighted by atomic mass is 16.5. The number of carbonyl (C=O) groups excluding carboxylic acids is 2. The molecule has 0 unspecified atom stereocenters. The predicted molar refractivity (Wildman–Crippen MR) is 108 cm³/mol. The van der Waals surface area contributed by atoms with Crippen LogP contribution in [0.3, 0.4) is 0 Å². The molecule has 9 nitrogen and oxygen atoms in total. The van der Waals surface area contributed by atoms with Gasteiger partial charge in [0.25, 0.3) is 11.7 Å². The smallest absolute Gasteiger partial charge is 0.306 e. The molecule has 2 heterocycles. The number of rotatable bonds is 6. The minimum absolute atomic E-state index is 0.156. The molecule has 158 valence electrons. The van der Waals surface area contributed by atoms with E-state index in [9.17, 15) is 9.59 Å². The first-order chi connectivity index (χ1) is 13.8. The summed E-state index contributed by atoms with van der Waals surface area (Å²) >= 11 is 0. The average molecular weight is 402 g/mol. The molecule has 2 aromatic heterocycles. The molecule has 0 bridgehead atoms. The van der Waals surface area contributed by atoms with Gasteiger partial charge in [-0.3, -0.25) is 9.59 Å². The van der Waals surface area contributed by atoms with Gasteiger partial charge in [0.2, 0.25) is 5.95 Å². The lowest BCUT2D eigenvalue weighted by Crippen LogP contribution is -2.45. The second kappa shape index (κ2) is 8.75. The fourth-order valence-corrected chi connectivity index (χ4v) is 4.07. The third-order valence-corrected chi connectivity index (χ3v) is 6.06. The molecule has 0 spiro atoms. The van der Waals surface area contributed by atoms with Crippen LogP contribution in [0.2, 0.25) is 0 Å². The molecule has 2 aromatic rings. The standard InChI is InChI=1S/C20H30N6O3/c1-11-6-5-7-16(12(11)2)23-17(27)10-29-18(28)9-8-15-13(3)22-20-24-19(21)25-26(20)14(15)4/h11-12,16H,5-10H2,1-4H3,(H2,21,25)(H,23,27)/t11-,12+,16-/m1/s1. The Morgan fingerprint density at radius 3 is 2.76 bits per heavy atom. The Kier molecular flexibility index (Phi) is 6.34. The maximum absolute atomic E-state index is 12.2. The van der Waals surface area contributed by atoms with Gasteiger partial charge >= 0.3 is 5.97 Å². The Bertz CT molecular complexity index is 909. The number of fused-ring (bicyclic) bond motifs is 1. The van der Waals surface area contributed by atoms with Crippen molar-refractivity contribution in [3.63, 3.8) is 0 Å². The molecular weight excluding hydrogens is 372 g/mol. The molecule has 9 heteroatoms. The van der Waals surface area contributed by atoms with E-state index in [1.807, 2.05) is 13.8 Å². The molecule has 0 saturated heterocycles. The van der Waals surface area contributed by atoms with E-state index in [-0.39, 0.29) is 30.9 Å². The number of hydrogen-bond donors (Lipinski definition) is 2. The zero-order valence-electron chi connectivity index (χ0n) is 17.6. The van der Waals surface area contributed by atoms with Crippen molar-refractivity contribution in [2.45, 2.75) is 65.8 Å². The summed E-state index contributed by atoms with van der Waals surface area (Å²) in [7, 11) is 0. The molecule has 1 aliphatic carbocycles. The van der Waals surface area contributed by atoms with Crippen LogP contribution in [0.25, 0.3) is 5.78 Å². The van der Waals surface area contributed by atoms with Gasteiger partial charge in [-0.05, 0) is 44.1 Å². The van der Waals surface area contributed by atoms with E-state index in [0.29, 0.717) is 24.0 Å². The van der Waals surface area contributed by atoms with Crippen LogP contribution in [0, 0.1) is 25.7 Å². The summed E-state index contributed by atoms with van der Waals surface area (Å²) < 4.78 is 6.75. The van der Waals surface area contributed by atoms with Crippen LogP contribution in [0.5, 0.6) is 0 Å². The van der Waals surface area contributed by atoms with Gasteiger partial charge in [-0.25, -0.2) is 4.98 Å². The minimum atomic E-state index is -0.415. The highest BCUT2D eigenvalue weighted by molar-refractivity contribution is 5.80. The molecule has 1 amide bonds. The van der Waals surface area contributed by atoms with Crippen LogP contribution in [0.15, 0.2) is 0 Å². The highest BCUT2D eigenvalue weighted by Crippen LogP contribution is 2.29. The summed E-state index contributed by atoms with van der Waals surface area (Å²) in [6.45, 7) is 7.88. The maximum atomic E-state index is 12.2. The van der Waals surface area contributed by atoms with Crippen molar-refractivity contribution in [2.24, 2.45) is 11.8 Å². The number of hydrogen-bond acceptors (Lipinski definition) is 7. The van der Waals surface area contributed by atoms with Gasteiger partial charge in [-0.2, -0.15) is 9.50 Å². The lowest BCUT2D eigenvalue weighted by Gasteiger charge is -2.34. The van der Waals surface area contributed by atoms with Crippen LogP contribution < -0.4 is 11.1 Å². The monoisotopic (exact) mass is 402 g/mol. The normalized spacial score (nSPS) is 21.9. The first-order valence-electron chi connectivity index (χ1n) is 10.2. The summed E-state index contributed by atoms with van der Waals surface area (Å²) in [6.07, 6.45) is 3.89. The van der Waals surface area contributed by atoms with Crippen LogP contribution in [-0.2, 0) is 20.7 Å². The van der Waals surface area contributed by atoms with E-state index in [0.717, 1.165) is 29.8 Å². The van der Waals surface area contributed by atoms with Crippen molar-refractivity contribution in [3.8, 4) is 0 Å². The van der Waals surface area contributed by atoms with Gasteiger partial charge in [0.1, 0.15) is 0 Å². The molecule has 1 fully saturated rings. The third kappa shape index (κ3) is 4.83. The number of aryl methyl sites for hydroxylation is 2. The van der Waals surface area contributed by atoms with E-state index < -0.39 is 5.97 Å². The first-order valence-corrected chi connectivity index (χ1v) is 10.2. The van der Waals surface area contributed by atoms with Crippen LogP contribution in [0.4, 0.5) is 5.95 Å². The van der Waals surface area contributed by atoms with Gasteiger partial charge in [-0.15, -0.1) is 5.10 Å². The molecule has 29 heavy (non-hydrogen) atoms. The molecule has 1 saturated carbocycles. The van der Waals surface area contributed by atoms with E-state index in [1.54, 1.807) is 4.52 Å². The summed E-state index contributed by atoms with van der Waals surface area (Å²) in [5.41, 5.74) is 8.14. The maximum Gasteiger partial charge on any atom is 0.306 e. The Labute approximate surface area is 170 Å². The Morgan fingerprint density at radius 2 is 2.00 bits per heavy atom. The van der Waals surface area contributed by atoms with Crippen molar-refractivity contribution in [2.75, 3.05) is 12.3 Å². The summed E-state index contributed by atoms with van der Waals surface area (Å²) in [6, 6.07) is 0.156. The molecule has 3 N–H and O–H groups in total. The van der Waals surface area contributed by atoms with Gasteiger partial charge < -0.3 is 15.8 Å². The lowest BCUT2D eigenvalue weighted by molar-refractivity contribution is -0.148.